The van der Waals surface area contributed by atoms with E-state index in [9.17, 15) is 18.3 Å². The highest BCUT2D eigenvalue weighted by Crippen LogP contribution is 2.37. The van der Waals surface area contributed by atoms with E-state index in [2.05, 4.69) is 5.32 Å². The third-order valence-corrected chi connectivity index (χ3v) is 3.78. The number of hydrogen-bond acceptors (Lipinski definition) is 3. The summed E-state index contributed by atoms with van der Waals surface area (Å²) in [6, 6.07) is 0. The molecule has 0 unspecified atom stereocenters. The van der Waals surface area contributed by atoms with E-state index < -0.39 is 5.51 Å². The van der Waals surface area contributed by atoms with Crippen molar-refractivity contribution in [3.63, 3.8) is 0 Å². The average Bonchev–Trinajstić information content (AvgIpc) is 2.65. The monoisotopic (exact) mass is 257 g/mol. The Morgan fingerprint density at radius 2 is 1.88 bits per heavy atom. The average molecular weight is 257 g/mol. The highest BCUT2D eigenvalue weighted by molar-refractivity contribution is 8.00. The molecule has 2 nitrogen and oxygen atoms in total. The molecule has 1 aliphatic carbocycles. The smallest absolute Gasteiger partial charge is 0.396 e. The number of aliphatic hydroxyl groups excluding tert-OH is 1. The minimum absolute atomic E-state index is 0.00243. The van der Waals surface area contributed by atoms with Gasteiger partial charge in [0, 0.05) is 30.9 Å². The van der Waals surface area contributed by atoms with Gasteiger partial charge in [0.15, 0.2) is 0 Å². The van der Waals surface area contributed by atoms with Crippen molar-refractivity contribution in [2.45, 2.75) is 31.2 Å². The van der Waals surface area contributed by atoms with Gasteiger partial charge in [-0.15, -0.1) is 0 Å². The second-order valence-corrected chi connectivity index (χ2v) is 5.50. The fourth-order valence-corrected chi connectivity index (χ4v) is 2.59. The van der Waals surface area contributed by atoms with Gasteiger partial charge in [-0.1, -0.05) is 12.8 Å². The molecule has 1 saturated carbocycles. The zero-order valence-electron chi connectivity index (χ0n) is 9.15. The van der Waals surface area contributed by atoms with Gasteiger partial charge in [0.2, 0.25) is 0 Å². The molecule has 6 heteroatoms. The molecule has 1 rings (SSSR count). The molecule has 0 saturated heterocycles. The molecule has 1 fully saturated rings. The van der Waals surface area contributed by atoms with E-state index >= 15 is 0 Å². The predicted molar refractivity (Wildman–Crippen MR) is 59.4 cm³/mol. The number of nitrogens with one attached hydrogen (secondary N) is 1. The summed E-state index contributed by atoms with van der Waals surface area (Å²) in [6.07, 6.45) is 4.17. The van der Waals surface area contributed by atoms with Gasteiger partial charge in [-0.2, -0.15) is 13.2 Å². The minimum Gasteiger partial charge on any atom is -0.396 e. The molecule has 0 bridgehead atoms. The molecule has 96 valence electrons. The Morgan fingerprint density at radius 3 is 2.38 bits per heavy atom. The molecule has 0 atom stereocenters. The Labute approximate surface area is 98.0 Å². The van der Waals surface area contributed by atoms with E-state index in [0.29, 0.717) is 13.1 Å². The zero-order valence-corrected chi connectivity index (χ0v) is 9.96. The maximum Gasteiger partial charge on any atom is 0.441 e. The Hall–Kier alpha value is 0.0600. The van der Waals surface area contributed by atoms with E-state index in [1.165, 1.54) is 0 Å². The lowest BCUT2D eigenvalue weighted by atomic mass is 9.87. The van der Waals surface area contributed by atoms with Crippen molar-refractivity contribution in [2.75, 3.05) is 25.4 Å². The van der Waals surface area contributed by atoms with Crippen LogP contribution >= 0.6 is 11.8 Å². The number of hydrogen-bond donors (Lipinski definition) is 2. The minimum atomic E-state index is -4.14. The molecule has 0 heterocycles. The van der Waals surface area contributed by atoms with Gasteiger partial charge in [-0.05, 0) is 24.6 Å². The van der Waals surface area contributed by atoms with Gasteiger partial charge in [-0.3, -0.25) is 0 Å². The second-order valence-electron chi connectivity index (χ2n) is 4.34. The van der Waals surface area contributed by atoms with Gasteiger partial charge in [0.05, 0.1) is 0 Å². The molecule has 0 aliphatic heterocycles. The normalized spacial score (nSPS) is 20.2. The summed E-state index contributed by atoms with van der Waals surface area (Å²) in [7, 11) is 0. The molecule has 0 aromatic carbocycles. The van der Waals surface area contributed by atoms with Crippen LogP contribution in [-0.2, 0) is 0 Å². The summed E-state index contributed by atoms with van der Waals surface area (Å²) in [5.74, 6) is 0.0327. The molecule has 0 aromatic heterocycles. The largest absolute Gasteiger partial charge is 0.441 e. The second kappa shape index (κ2) is 6.12. The third kappa shape index (κ3) is 4.93. The van der Waals surface area contributed by atoms with Crippen LogP contribution in [0.25, 0.3) is 0 Å². The van der Waals surface area contributed by atoms with E-state index in [1.807, 2.05) is 0 Å². The van der Waals surface area contributed by atoms with Crippen molar-refractivity contribution in [1.29, 1.82) is 0 Å². The fraction of sp³-hybridized carbons (Fsp3) is 1.00. The Balaban J connectivity index is 2.10. The maximum atomic E-state index is 11.8. The van der Waals surface area contributed by atoms with Crippen molar-refractivity contribution < 1.29 is 18.3 Å². The number of thioether (sulfide) groups is 1. The van der Waals surface area contributed by atoms with Crippen LogP contribution in [0.1, 0.15) is 25.7 Å². The van der Waals surface area contributed by atoms with Crippen LogP contribution in [0.15, 0.2) is 0 Å². The van der Waals surface area contributed by atoms with Crippen molar-refractivity contribution in [3.05, 3.63) is 0 Å². The van der Waals surface area contributed by atoms with Crippen molar-refractivity contribution >= 4 is 11.8 Å². The third-order valence-electron chi connectivity index (χ3n) is 3.04. The van der Waals surface area contributed by atoms with Crippen LogP contribution in [0, 0.1) is 5.41 Å². The van der Waals surface area contributed by atoms with E-state index in [1.54, 1.807) is 0 Å². The van der Waals surface area contributed by atoms with Crippen LogP contribution < -0.4 is 5.32 Å². The molecular weight excluding hydrogens is 239 g/mol. The first-order valence-electron chi connectivity index (χ1n) is 5.50. The molecule has 1 aliphatic rings. The number of halogens is 3. The summed E-state index contributed by atoms with van der Waals surface area (Å²) in [4.78, 5) is 0. The molecule has 0 spiro atoms. The Bertz CT molecular complexity index is 205. The van der Waals surface area contributed by atoms with Gasteiger partial charge in [-0.25, -0.2) is 0 Å². The number of aliphatic hydroxyl groups is 1. The molecule has 0 radical (unpaired) electrons. The first-order valence-corrected chi connectivity index (χ1v) is 6.48. The van der Waals surface area contributed by atoms with Crippen LogP contribution in [0.4, 0.5) is 13.2 Å². The quantitative estimate of drug-likeness (QED) is 0.717. The van der Waals surface area contributed by atoms with Gasteiger partial charge in [0.1, 0.15) is 0 Å². The Morgan fingerprint density at radius 1 is 1.25 bits per heavy atom. The highest BCUT2D eigenvalue weighted by atomic mass is 32.2. The van der Waals surface area contributed by atoms with E-state index in [-0.39, 0.29) is 29.5 Å². The predicted octanol–water partition coefficient (Wildman–Crippen LogP) is 2.38. The van der Waals surface area contributed by atoms with Crippen LogP contribution in [0.3, 0.4) is 0 Å². The Kier molecular flexibility index (Phi) is 5.40. The molecule has 16 heavy (non-hydrogen) atoms. The summed E-state index contributed by atoms with van der Waals surface area (Å²) in [5.41, 5.74) is -4.22. The van der Waals surface area contributed by atoms with E-state index in [4.69, 9.17) is 0 Å². The first kappa shape index (κ1) is 14.1. The zero-order chi connectivity index (χ0) is 12.1. The standard InChI is InChI=1S/C10H18F3NOS/c11-10(12,13)16-6-5-14-7-9(8-15)3-1-2-4-9/h14-15H,1-8H2. The van der Waals surface area contributed by atoms with Crippen LogP contribution in [0.5, 0.6) is 0 Å². The lowest BCUT2D eigenvalue weighted by Crippen LogP contribution is -2.36. The summed E-state index contributed by atoms with van der Waals surface area (Å²) in [5, 5.41) is 12.3. The number of rotatable bonds is 6. The lowest BCUT2D eigenvalue weighted by molar-refractivity contribution is -0.0327. The SMILES string of the molecule is OCC1(CNCCSC(F)(F)F)CCCC1. The summed E-state index contributed by atoms with van der Waals surface area (Å²) < 4.78 is 35.5. The molecule has 2 N–H and O–H groups in total. The van der Waals surface area contributed by atoms with Crippen molar-refractivity contribution in [3.8, 4) is 0 Å². The topological polar surface area (TPSA) is 32.3 Å². The lowest BCUT2D eigenvalue weighted by Gasteiger charge is -2.26. The molecule has 0 aromatic rings. The van der Waals surface area contributed by atoms with Crippen molar-refractivity contribution in [1.82, 2.24) is 5.32 Å². The van der Waals surface area contributed by atoms with E-state index in [0.717, 1.165) is 25.7 Å². The van der Waals surface area contributed by atoms with Gasteiger partial charge >= 0.3 is 5.51 Å². The van der Waals surface area contributed by atoms with Crippen LogP contribution in [0.2, 0.25) is 0 Å². The first-order chi connectivity index (χ1) is 7.47. The fourth-order valence-electron chi connectivity index (χ4n) is 2.11. The number of alkyl halides is 3. The summed E-state index contributed by atoms with van der Waals surface area (Å²) in [6.45, 7) is 1.10. The maximum absolute atomic E-state index is 11.8. The molecular formula is C10H18F3NOS. The molecule has 0 amide bonds. The summed E-state index contributed by atoms with van der Waals surface area (Å²) >= 11 is -0.00243. The van der Waals surface area contributed by atoms with Gasteiger partial charge in [0.25, 0.3) is 0 Å². The van der Waals surface area contributed by atoms with Crippen LogP contribution in [-0.4, -0.2) is 36.1 Å². The highest BCUT2D eigenvalue weighted by Gasteiger charge is 2.32. The van der Waals surface area contributed by atoms with Crippen molar-refractivity contribution in [2.24, 2.45) is 5.41 Å². The van der Waals surface area contributed by atoms with Gasteiger partial charge < -0.3 is 10.4 Å².